The van der Waals surface area contributed by atoms with Crippen molar-refractivity contribution in [2.75, 3.05) is 0 Å². The smallest absolute Gasteiger partial charge is 0.231 e. The Balaban J connectivity index is 1.25. The van der Waals surface area contributed by atoms with Crippen molar-refractivity contribution >= 4 is 43.9 Å². The van der Waals surface area contributed by atoms with Gasteiger partial charge >= 0.3 is 0 Å². The van der Waals surface area contributed by atoms with Crippen molar-refractivity contribution in [1.29, 1.82) is 0 Å². The number of aromatic nitrogens is 3. The zero-order valence-corrected chi connectivity index (χ0v) is 26.0. The Kier molecular flexibility index (Phi) is 5.31. The van der Waals surface area contributed by atoms with Gasteiger partial charge in [-0.15, -0.1) is 0 Å². The lowest BCUT2D eigenvalue weighted by Gasteiger charge is -2.21. The van der Waals surface area contributed by atoms with E-state index in [0.717, 1.165) is 38.9 Å². The normalized spacial score (nSPS) is 13.5. The van der Waals surface area contributed by atoms with Crippen LogP contribution in [0.15, 0.2) is 144 Å². The minimum absolute atomic E-state index is 0.0640. The lowest BCUT2D eigenvalue weighted by Crippen LogP contribution is -2.14. The molecule has 0 fully saturated rings. The maximum absolute atomic E-state index is 6.33. The molecule has 3 heterocycles. The number of benzene rings is 6. The van der Waals surface area contributed by atoms with E-state index in [2.05, 4.69) is 109 Å². The Hall–Kier alpha value is -6.00. The maximum atomic E-state index is 6.33. The van der Waals surface area contributed by atoms with Crippen LogP contribution in [-0.4, -0.2) is 14.5 Å². The minimum Gasteiger partial charge on any atom is -0.438 e. The summed E-state index contributed by atoms with van der Waals surface area (Å²) < 4.78 is 8.74. The predicted octanol–water partition coefficient (Wildman–Crippen LogP) is 11.1. The largest absolute Gasteiger partial charge is 0.438 e. The van der Waals surface area contributed by atoms with Crippen LogP contribution >= 0.6 is 0 Å². The molecule has 222 valence electrons. The van der Waals surface area contributed by atoms with E-state index in [9.17, 15) is 0 Å². The fraction of sp³-hybridized carbons (Fsp3) is 0.0698. The van der Waals surface area contributed by atoms with Crippen LogP contribution in [0, 0.1) is 0 Å². The molecule has 0 N–H and O–H groups in total. The number of hydrogen-bond donors (Lipinski definition) is 0. The quantitative estimate of drug-likeness (QED) is 0.202. The number of nitrogens with zero attached hydrogens (tertiary/aromatic N) is 3. The third kappa shape index (κ3) is 3.70. The van der Waals surface area contributed by atoms with Crippen molar-refractivity contribution in [2.45, 2.75) is 19.3 Å². The first-order valence-corrected chi connectivity index (χ1v) is 16.1. The molecule has 47 heavy (non-hydrogen) atoms. The van der Waals surface area contributed by atoms with E-state index in [0.29, 0.717) is 11.5 Å². The van der Waals surface area contributed by atoms with Crippen molar-refractivity contribution in [1.82, 2.24) is 14.5 Å². The molecular weight excluding hydrogens is 574 g/mol. The van der Waals surface area contributed by atoms with Gasteiger partial charge in [0, 0.05) is 38.4 Å². The van der Waals surface area contributed by atoms with E-state index in [1.165, 1.54) is 44.1 Å². The standard InChI is InChI=1S/C43H29N3O/c1-43(2)34-20-9-6-17-29(34)32-25-37-33(24-35(32)43)30-18-7-10-21-36(30)46(37)28-16-12-15-27(23-28)40-39-31-19-8-11-22-38(31)47-42(39)45-41(44-40)26-13-4-3-5-14-26/h3-25H,1-2H3. The second-order valence-corrected chi connectivity index (χ2v) is 13.0. The molecule has 0 aliphatic heterocycles. The summed E-state index contributed by atoms with van der Waals surface area (Å²) in [6, 6.07) is 49.4. The van der Waals surface area contributed by atoms with Crippen LogP contribution in [0.25, 0.3) is 83.3 Å². The molecule has 1 aliphatic rings. The molecule has 0 spiro atoms. The van der Waals surface area contributed by atoms with E-state index in [1.54, 1.807) is 0 Å². The summed E-state index contributed by atoms with van der Waals surface area (Å²) >= 11 is 0. The van der Waals surface area contributed by atoms with Crippen molar-refractivity contribution < 1.29 is 4.42 Å². The zero-order chi connectivity index (χ0) is 31.3. The molecule has 0 unspecified atom stereocenters. The summed E-state index contributed by atoms with van der Waals surface area (Å²) in [4.78, 5) is 10.1. The third-order valence-corrected chi connectivity index (χ3v) is 10.0. The first-order valence-electron chi connectivity index (χ1n) is 16.1. The lowest BCUT2D eigenvalue weighted by molar-refractivity contribution is 0.653. The highest BCUT2D eigenvalue weighted by Crippen LogP contribution is 2.51. The monoisotopic (exact) mass is 603 g/mol. The van der Waals surface area contributed by atoms with Gasteiger partial charge in [0.1, 0.15) is 5.58 Å². The molecule has 0 radical (unpaired) electrons. The van der Waals surface area contributed by atoms with Crippen LogP contribution < -0.4 is 0 Å². The highest BCUT2D eigenvalue weighted by molar-refractivity contribution is 6.12. The van der Waals surface area contributed by atoms with Crippen molar-refractivity contribution in [3.05, 3.63) is 151 Å². The Morgan fingerprint density at radius 2 is 1.30 bits per heavy atom. The first-order chi connectivity index (χ1) is 23.1. The predicted molar refractivity (Wildman–Crippen MR) is 192 cm³/mol. The zero-order valence-electron chi connectivity index (χ0n) is 26.0. The molecule has 4 nitrogen and oxygen atoms in total. The molecule has 4 heteroatoms. The molecular formula is C43H29N3O. The molecule has 1 aliphatic carbocycles. The van der Waals surface area contributed by atoms with Crippen LogP contribution in [0.2, 0.25) is 0 Å². The van der Waals surface area contributed by atoms with Crippen molar-refractivity contribution in [2.24, 2.45) is 0 Å². The molecule has 0 saturated heterocycles. The van der Waals surface area contributed by atoms with Crippen molar-refractivity contribution in [3.8, 4) is 39.5 Å². The highest BCUT2D eigenvalue weighted by atomic mass is 16.3. The summed E-state index contributed by atoms with van der Waals surface area (Å²) in [6.07, 6.45) is 0. The molecule has 0 saturated carbocycles. The summed E-state index contributed by atoms with van der Waals surface area (Å²) in [5.74, 6) is 0.645. The van der Waals surface area contributed by atoms with Gasteiger partial charge in [0.25, 0.3) is 0 Å². The van der Waals surface area contributed by atoms with E-state index in [1.807, 2.05) is 48.5 Å². The molecule has 0 atom stereocenters. The van der Waals surface area contributed by atoms with Gasteiger partial charge in [-0.2, -0.15) is 4.98 Å². The number of para-hydroxylation sites is 2. The number of fused-ring (bicyclic) bond motifs is 9. The van der Waals surface area contributed by atoms with Gasteiger partial charge in [-0.05, 0) is 58.7 Å². The summed E-state index contributed by atoms with van der Waals surface area (Å²) in [5.41, 5.74) is 13.0. The average molecular weight is 604 g/mol. The highest BCUT2D eigenvalue weighted by Gasteiger charge is 2.36. The number of furan rings is 1. The van der Waals surface area contributed by atoms with E-state index >= 15 is 0 Å². The van der Waals surface area contributed by atoms with Gasteiger partial charge in [0.05, 0.1) is 22.1 Å². The van der Waals surface area contributed by atoms with Crippen LogP contribution in [0.5, 0.6) is 0 Å². The maximum Gasteiger partial charge on any atom is 0.231 e. The third-order valence-electron chi connectivity index (χ3n) is 10.0. The Morgan fingerprint density at radius 1 is 0.553 bits per heavy atom. The van der Waals surface area contributed by atoms with Crippen LogP contribution in [0.4, 0.5) is 0 Å². The second-order valence-electron chi connectivity index (χ2n) is 13.0. The number of rotatable bonds is 3. The SMILES string of the molecule is CC1(C)c2ccccc2-c2cc3c(cc21)c1ccccc1n3-c1cccc(-c2nc(-c3ccccc3)nc3oc4ccccc4c23)c1. The van der Waals surface area contributed by atoms with Gasteiger partial charge in [-0.25, -0.2) is 4.98 Å². The fourth-order valence-corrected chi connectivity index (χ4v) is 7.78. The van der Waals surface area contributed by atoms with E-state index in [4.69, 9.17) is 14.4 Å². The first kappa shape index (κ1) is 26.2. The molecule has 9 aromatic rings. The lowest BCUT2D eigenvalue weighted by atomic mass is 9.82. The molecule has 3 aromatic heterocycles. The summed E-state index contributed by atoms with van der Waals surface area (Å²) in [5, 5.41) is 4.45. The Morgan fingerprint density at radius 3 is 2.19 bits per heavy atom. The van der Waals surface area contributed by atoms with E-state index in [-0.39, 0.29) is 5.41 Å². The van der Waals surface area contributed by atoms with Crippen molar-refractivity contribution in [3.63, 3.8) is 0 Å². The topological polar surface area (TPSA) is 43.9 Å². The Labute approximate surface area is 271 Å². The van der Waals surface area contributed by atoms with Crippen LogP contribution in [0.1, 0.15) is 25.0 Å². The Bertz CT molecular complexity index is 2710. The van der Waals surface area contributed by atoms with Gasteiger partial charge < -0.3 is 8.98 Å². The van der Waals surface area contributed by atoms with Gasteiger partial charge in [0.15, 0.2) is 5.82 Å². The fourth-order valence-electron chi connectivity index (χ4n) is 7.78. The van der Waals surface area contributed by atoms with Gasteiger partial charge in [0.2, 0.25) is 5.71 Å². The summed E-state index contributed by atoms with van der Waals surface area (Å²) in [6.45, 7) is 4.69. The van der Waals surface area contributed by atoms with Gasteiger partial charge in [-0.1, -0.05) is 117 Å². The molecule has 0 bridgehead atoms. The van der Waals surface area contributed by atoms with Crippen LogP contribution in [-0.2, 0) is 5.41 Å². The summed E-state index contributed by atoms with van der Waals surface area (Å²) in [7, 11) is 0. The van der Waals surface area contributed by atoms with Crippen LogP contribution in [0.3, 0.4) is 0 Å². The minimum atomic E-state index is -0.0640. The number of hydrogen-bond acceptors (Lipinski definition) is 3. The average Bonchev–Trinajstić information content (AvgIpc) is 3.73. The van der Waals surface area contributed by atoms with E-state index < -0.39 is 0 Å². The molecule has 10 rings (SSSR count). The van der Waals surface area contributed by atoms with Gasteiger partial charge in [-0.3, -0.25) is 0 Å². The molecule has 0 amide bonds. The molecule has 6 aromatic carbocycles. The second kappa shape index (κ2) is 9.51.